The van der Waals surface area contributed by atoms with E-state index in [0.29, 0.717) is 12.0 Å². The van der Waals surface area contributed by atoms with Gasteiger partial charge in [-0.3, -0.25) is 0 Å². The molecule has 3 nitrogen and oxygen atoms in total. The van der Waals surface area contributed by atoms with Gasteiger partial charge in [-0.15, -0.1) is 11.3 Å². The summed E-state index contributed by atoms with van der Waals surface area (Å²) in [5.74, 6) is 0.585. The van der Waals surface area contributed by atoms with Crippen LogP contribution in [0.2, 0.25) is 0 Å². The summed E-state index contributed by atoms with van der Waals surface area (Å²) >= 11 is 1.78. The summed E-state index contributed by atoms with van der Waals surface area (Å²) in [5.41, 5.74) is 3.24. The zero-order valence-corrected chi connectivity index (χ0v) is 10.5. The van der Waals surface area contributed by atoms with Crippen molar-refractivity contribution in [3.8, 4) is 0 Å². The number of thiazole rings is 1. The van der Waals surface area contributed by atoms with Crippen LogP contribution in [0.3, 0.4) is 0 Å². The van der Waals surface area contributed by atoms with E-state index < -0.39 is 0 Å². The van der Waals surface area contributed by atoms with Crippen LogP contribution >= 0.6 is 11.3 Å². The Hall–Kier alpha value is -0.450. The molecular formula is C11H19N3S. The third-order valence-corrected chi connectivity index (χ3v) is 4.00. The molecule has 1 aromatic rings. The van der Waals surface area contributed by atoms with Gasteiger partial charge in [-0.2, -0.15) is 0 Å². The Morgan fingerprint density at radius 1 is 1.60 bits per heavy atom. The third-order valence-electron chi connectivity index (χ3n) is 2.86. The van der Waals surface area contributed by atoms with Crippen molar-refractivity contribution in [2.45, 2.75) is 25.8 Å². The van der Waals surface area contributed by atoms with E-state index in [1.165, 1.54) is 10.6 Å². The Morgan fingerprint density at radius 3 is 3.07 bits per heavy atom. The normalized spacial score (nSPS) is 23.6. The molecule has 0 saturated carbocycles. The summed E-state index contributed by atoms with van der Waals surface area (Å²) in [6.07, 6.45) is 0. The van der Waals surface area contributed by atoms with E-state index in [4.69, 9.17) is 0 Å². The predicted octanol–water partition coefficient (Wildman–Crippen LogP) is 1.84. The molecule has 0 radical (unpaired) electrons. The van der Waals surface area contributed by atoms with Gasteiger partial charge in [-0.05, 0) is 13.0 Å². The summed E-state index contributed by atoms with van der Waals surface area (Å²) in [6, 6.07) is 0.424. The number of piperazine rings is 1. The van der Waals surface area contributed by atoms with Gasteiger partial charge in [0, 0.05) is 24.5 Å². The van der Waals surface area contributed by atoms with Gasteiger partial charge in [0.1, 0.15) is 0 Å². The second-order valence-electron chi connectivity index (χ2n) is 4.53. The standard InChI is InChI=1S/C11H19N3S/c1-8(2)11-10(13-7-15-11)9-6-14(3)5-4-12-9/h7-9,12H,4-6H2,1-3H3. The monoisotopic (exact) mass is 225 g/mol. The highest BCUT2D eigenvalue weighted by atomic mass is 32.1. The minimum atomic E-state index is 0.424. The molecule has 1 aliphatic heterocycles. The van der Waals surface area contributed by atoms with Gasteiger partial charge < -0.3 is 10.2 Å². The summed E-state index contributed by atoms with van der Waals surface area (Å²) in [5, 5.41) is 3.55. The Balaban J connectivity index is 2.17. The van der Waals surface area contributed by atoms with Crippen LogP contribution in [0.1, 0.15) is 36.4 Å². The molecule has 84 valence electrons. The second kappa shape index (κ2) is 4.60. The van der Waals surface area contributed by atoms with Crippen LogP contribution in [-0.2, 0) is 0 Å². The summed E-state index contributed by atoms with van der Waals surface area (Å²) in [4.78, 5) is 8.32. The van der Waals surface area contributed by atoms with E-state index in [0.717, 1.165) is 19.6 Å². The summed E-state index contributed by atoms with van der Waals surface area (Å²) in [7, 11) is 2.18. The maximum Gasteiger partial charge on any atom is 0.0798 e. The average Bonchev–Trinajstić information content (AvgIpc) is 2.65. The van der Waals surface area contributed by atoms with Crippen molar-refractivity contribution in [1.29, 1.82) is 0 Å². The number of hydrogen-bond donors (Lipinski definition) is 1. The molecule has 0 bridgehead atoms. The van der Waals surface area contributed by atoms with Gasteiger partial charge >= 0.3 is 0 Å². The first-order chi connectivity index (χ1) is 7.18. The molecule has 1 atom stereocenters. The lowest BCUT2D eigenvalue weighted by atomic mass is 10.0. The van der Waals surface area contributed by atoms with Crippen LogP contribution in [0.5, 0.6) is 0 Å². The van der Waals surface area contributed by atoms with Crippen molar-refractivity contribution >= 4 is 11.3 Å². The molecule has 0 aliphatic carbocycles. The van der Waals surface area contributed by atoms with E-state index in [2.05, 4.69) is 36.1 Å². The van der Waals surface area contributed by atoms with E-state index in [9.17, 15) is 0 Å². The highest BCUT2D eigenvalue weighted by Gasteiger charge is 2.23. The first kappa shape index (κ1) is 11.0. The van der Waals surface area contributed by atoms with Gasteiger partial charge in [0.25, 0.3) is 0 Å². The highest BCUT2D eigenvalue weighted by molar-refractivity contribution is 7.09. The Kier molecular flexibility index (Phi) is 3.38. The van der Waals surface area contributed by atoms with Gasteiger partial charge in [0.2, 0.25) is 0 Å². The SMILES string of the molecule is CC(C)c1scnc1C1CN(C)CCN1. The van der Waals surface area contributed by atoms with Gasteiger partial charge in [0.15, 0.2) is 0 Å². The first-order valence-corrected chi connectivity index (χ1v) is 6.41. The van der Waals surface area contributed by atoms with Crippen molar-refractivity contribution in [2.75, 3.05) is 26.7 Å². The smallest absolute Gasteiger partial charge is 0.0798 e. The molecule has 0 amide bonds. The summed E-state index contributed by atoms with van der Waals surface area (Å²) < 4.78 is 0. The topological polar surface area (TPSA) is 28.2 Å². The van der Waals surface area contributed by atoms with Crippen LogP contribution in [0, 0.1) is 0 Å². The predicted molar refractivity (Wildman–Crippen MR) is 64.4 cm³/mol. The highest BCUT2D eigenvalue weighted by Crippen LogP contribution is 2.28. The van der Waals surface area contributed by atoms with E-state index in [1.54, 1.807) is 11.3 Å². The molecule has 2 rings (SSSR count). The maximum absolute atomic E-state index is 4.52. The molecule has 4 heteroatoms. The minimum Gasteiger partial charge on any atom is -0.306 e. The molecule has 1 aliphatic rings. The van der Waals surface area contributed by atoms with E-state index in [-0.39, 0.29) is 0 Å². The zero-order chi connectivity index (χ0) is 10.8. The Morgan fingerprint density at radius 2 is 2.40 bits per heavy atom. The lowest BCUT2D eigenvalue weighted by molar-refractivity contribution is 0.238. The van der Waals surface area contributed by atoms with Gasteiger partial charge in [-0.25, -0.2) is 4.98 Å². The average molecular weight is 225 g/mol. The van der Waals surface area contributed by atoms with Crippen molar-refractivity contribution in [2.24, 2.45) is 0 Å². The second-order valence-corrected chi connectivity index (χ2v) is 5.41. The maximum atomic E-state index is 4.52. The van der Waals surface area contributed by atoms with Crippen LogP contribution in [0.25, 0.3) is 0 Å². The lowest BCUT2D eigenvalue weighted by Crippen LogP contribution is -2.44. The van der Waals surface area contributed by atoms with Gasteiger partial charge in [-0.1, -0.05) is 13.8 Å². The zero-order valence-electron chi connectivity index (χ0n) is 9.66. The van der Waals surface area contributed by atoms with Crippen molar-refractivity contribution in [3.63, 3.8) is 0 Å². The van der Waals surface area contributed by atoms with E-state index >= 15 is 0 Å². The Bertz CT molecular complexity index is 321. The molecule has 1 saturated heterocycles. The van der Waals surface area contributed by atoms with Crippen LogP contribution < -0.4 is 5.32 Å². The van der Waals surface area contributed by atoms with Crippen LogP contribution in [-0.4, -0.2) is 36.6 Å². The fourth-order valence-corrected chi connectivity index (χ4v) is 2.91. The summed E-state index contributed by atoms with van der Waals surface area (Å²) in [6.45, 7) is 7.75. The quantitative estimate of drug-likeness (QED) is 0.832. The lowest BCUT2D eigenvalue weighted by Gasteiger charge is -2.30. The van der Waals surface area contributed by atoms with Crippen molar-refractivity contribution in [3.05, 3.63) is 16.1 Å². The molecule has 1 aromatic heterocycles. The van der Waals surface area contributed by atoms with Crippen molar-refractivity contribution < 1.29 is 0 Å². The molecule has 15 heavy (non-hydrogen) atoms. The number of nitrogens with zero attached hydrogens (tertiary/aromatic N) is 2. The van der Waals surface area contributed by atoms with Crippen LogP contribution in [0.4, 0.5) is 0 Å². The minimum absolute atomic E-state index is 0.424. The number of nitrogens with one attached hydrogen (secondary N) is 1. The molecule has 0 spiro atoms. The number of likely N-dealkylation sites (N-methyl/N-ethyl adjacent to an activating group) is 1. The molecule has 1 fully saturated rings. The number of hydrogen-bond acceptors (Lipinski definition) is 4. The fraction of sp³-hybridized carbons (Fsp3) is 0.727. The first-order valence-electron chi connectivity index (χ1n) is 5.53. The number of rotatable bonds is 2. The third kappa shape index (κ3) is 2.38. The fourth-order valence-electron chi connectivity index (χ4n) is 2.04. The molecule has 1 unspecified atom stereocenters. The molecular weight excluding hydrogens is 206 g/mol. The largest absolute Gasteiger partial charge is 0.306 e. The van der Waals surface area contributed by atoms with Crippen molar-refractivity contribution in [1.82, 2.24) is 15.2 Å². The number of aromatic nitrogens is 1. The molecule has 0 aromatic carbocycles. The Labute approximate surface area is 95.5 Å². The van der Waals surface area contributed by atoms with Crippen LogP contribution in [0.15, 0.2) is 5.51 Å². The van der Waals surface area contributed by atoms with E-state index in [1.807, 2.05) is 5.51 Å². The van der Waals surface area contributed by atoms with Gasteiger partial charge in [0.05, 0.1) is 17.2 Å². The molecule has 1 N–H and O–H groups in total. The molecule has 2 heterocycles.